The molecule has 3 rings (SSSR count). The standard InChI is InChI=1S/C23H37N3O3/c1-18(2)29-21-9-7-19(8-10-21)16-25-23(24-3)26-13-11-20(12-14-26)28-17-22-6-4-5-15-27-22/h7-10,18,20,22H,4-6,11-17H2,1-3H3,(H,24,25). The molecule has 0 saturated carbocycles. The summed E-state index contributed by atoms with van der Waals surface area (Å²) in [6, 6.07) is 8.26. The highest BCUT2D eigenvalue weighted by Gasteiger charge is 2.23. The molecule has 29 heavy (non-hydrogen) atoms. The number of nitrogens with one attached hydrogen (secondary N) is 1. The molecule has 1 unspecified atom stereocenters. The fraction of sp³-hybridized carbons (Fsp3) is 0.696. The minimum atomic E-state index is 0.194. The lowest BCUT2D eigenvalue weighted by Gasteiger charge is -2.35. The van der Waals surface area contributed by atoms with Crippen molar-refractivity contribution in [3.63, 3.8) is 0 Å². The lowest BCUT2D eigenvalue weighted by molar-refractivity contribution is -0.0721. The predicted octanol–water partition coefficient (Wildman–Crippen LogP) is 3.60. The third kappa shape index (κ3) is 7.19. The Morgan fingerprint density at radius 2 is 1.93 bits per heavy atom. The summed E-state index contributed by atoms with van der Waals surface area (Å²) in [7, 11) is 1.85. The summed E-state index contributed by atoms with van der Waals surface area (Å²) < 4.78 is 17.6. The van der Waals surface area contributed by atoms with Crippen molar-refractivity contribution in [3.8, 4) is 5.75 Å². The summed E-state index contributed by atoms with van der Waals surface area (Å²) in [5.41, 5.74) is 1.22. The van der Waals surface area contributed by atoms with E-state index in [0.29, 0.717) is 12.2 Å². The molecule has 2 aliphatic heterocycles. The van der Waals surface area contributed by atoms with E-state index < -0.39 is 0 Å². The number of benzene rings is 1. The van der Waals surface area contributed by atoms with Gasteiger partial charge in [-0.2, -0.15) is 0 Å². The molecule has 0 spiro atoms. The van der Waals surface area contributed by atoms with Gasteiger partial charge in [0.25, 0.3) is 0 Å². The van der Waals surface area contributed by atoms with E-state index >= 15 is 0 Å². The Hall–Kier alpha value is -1.79. The van der Waals surface area contributed by atoms with E-state index in [-0.39, 0.29) is 6.10 Å². The van der Waals surface area contributed by atoms with Gasteiger partial charge in [-0.1, -0.05) is 12.1 Å². The summed E-state index contributed by atoms with van der Waals surface area (Å²) in [4.78, 5) is 6.80. The maximum atomic E-state index is 6.13. The number of rotatable bonds is 7. The summed E-state index contributed by atoms with van der Waals surface area (Å²) in [6.07, 6.45) is 6.50. The minimum absolute atomic E-state index is 0.194. The quantitative estimate of drug-likeness (QED) is 0.557. The molecule has 6 nitrogen and oxygen atoms in total. The SMILES string of the molecule is CN=C(NCc1ccc(OC(C)C)cc1)N1CCC(OCC2CCCCO2)CC1. The molecule has 1 aromatic carbocycles. The first kappa shape index (κ1) is 21.9. The Morgan fingerprint density at radius 1 is 1.17 bits per heavy atom. The second kappa shape index (κ2) is 11.4. The number of nitrogens with zero attached hydrogens (tertiary/aromatic N) is 2. The van der Waals surface area contributed by atoms with Gasteiger partial charge in [0, 0.05) is 33.3 Å². The number of piperidine rings is 1. The lowest BCUT2D eigenvalue weighted by atomic mass is 10.1. The second-order valence-corrected chi connectivity index (χ2v) is 8.22. The highest BCUT2D eigenvalue weighted by atomic mass is 16.5. The Kier molecular flexibility index (Phi) is 8.62. The Balaban J connectivity index is 1.38. The summed E-state index contributed by atoms with van der Waals surface area (Å²) >= 11 is 0. The van der Waals surface area contributed by atoms with Crippen molar-refractivity contribution >= 4 is 5.96 Å². The van der Waals surface area contributed by atoms with Crippen LogP contribution in [-0.4, -0.2) is 62.5 Å². The topological polar surface area (TPSA) is 55.3 Å². The zero-order chi connectivity index (χ0) is 20.5. The van der Waals surface area contributed by atoms with Crippen LogP contribution >= 0.6 is 0 Å². The monoisotopic (exact) mass is 403 g/mol. The molecule has 0 bridgehead atoms. The van der Waals surface area contributed by atoms with Gasteiger partial charge in [-0.05, 0) is 63.6 Å². The fourth-order valence-corrected chi connectivity index (χ4v) is 3.89. The van der Waals surface area contributed by atoms with Crippen LogP contribution < -0.4 is 10.1 Å². The van der Waals surface area contributed by atoms with Crippen molar-refractivity contribution in [3.05, 3.63) is 29.8 Å². The molecule has 2 heterocycles. The number of hydrogen-bond acceptors (Lipinski definition) is 4. The Morgan fingerprint density at radius 3 is 2.55 bits per heavy atom. The first-order valence-electron chi connectivity index (χ1n) is 11.1. The number of guanidine groups is 1. The van der Waals surface area contributed by atoms with Gasteiger partial charge in [0.05, 0.1) is 24.9 Å². The minimum Gasteiger partial charge on any atom is -0.491 e. The molecule has 2 fully saturated rings. The molecule has 6 heteroatoms. The lowest BCUT2D eigenvalue weighted by Crippen LogP contribution is -2.47. The van der Waals surface area contributed by atoms with Crippen molar-refractivity contribution in [2.75, 3.05) is 33.4 Å². The molecule has 0 radical (unpaired) electrons. The number of ether oxygens (including phenoxy) is 3. The molecule has 1 aromatic rings. The molecule has 0 aliphatic carbocycles. The van der Waals surface area contributed by atoms with Crippen LogP contribution in [0.2, 0.25) is 0 Å². The van der Waals surface area contributed by atoms with Gasteiger partial charge in [0.1, 0.15) is 5.75 Å². The van der Waals surface area contributed by atoms with Crippen molar-refractivity contribution in [2.45, 2.75) is 70.8 Å². The van der Waals surface area contributed by atoms with Crippen LogP contribution in [0, 0.1) is 0 Å². The second-order valence-electron chi connectivity index (χ2n) is 8.22. The summed E-state index contributed by atoms with van der Waals surface area (Å²) in [5, 5.41) is 3.49. The largest absolute Gasteiger partial charge is 0.491 e. The van der Waals surface area contributed by atoms with E-state index in [1.54, 1.807) is 0 Å². The normalized spacial score (nSPS) is 21.4. The van der Waals surface area contributed by atoms with Crippen molar-refractivity contribution in [2.24, 2.45) is 4.99 Å². The Labute approximate surface area is 175 Å². The van der Waals surface area contributed by atoms with Crippen molar-refractivity contribution in [1.82, 2.24) is 10.2 Å². The molecular weight excluding hydrogens is 366 g/mol. The van der Waals surface area contributed by atoms with Crippen LogP contribution in [0.15, 0.2) is 29.3 Å². The van der Waals surface area contributed by atoms with Crippen molar-refractivity contribution in [1.29, 1.82) is 0 Å². The summed E-state index contributed by atoms with van der Waals surface area (Å²) in [5.74, 6) is 1.87. The molecule has 1 N–H and O–H groups in total. The highest BCUT2D eigenvalue weighted by molar-refractivity contribution is 5.79. The molecular formula is C23H37N3O3. The molecule has 2 saturated heterocycles. The number of aliphatic imine (C=N–C) groups is 1. The molecule has 0 aromatic heterocycles. The van der Waals surface area contributed by atoms with Crippen LogP contribution in [0.4, 0.5) is 0 Å². The van der Waals surface area contributed by atoms with Gasteiger partial charge < -0.3 is 24.4 Å². The molecule has 1 atom stereocenters. The Bertz CT molecular complexity index is 619. The number of hydrogen-bond donors (Lipinski definition) is 1. The van der Waals surface area contributed by atoms with Crippen LogP contribution in [0.25, 0.3) is 0 Å². The molecule has 2 aliphatic rings. The van der Waals surface area contributed by atoms with Gasteiger partial charge in [-0.3, -0.25) is 4.99 Å². The molecule has 0 amide bonds. The van der Waals surface area contributed by atoms with E-state index in [2.05, 4.69) is 27.3 Å². The third-order valence-electron chi connectivity index (χ3n) is 5.49. The van der Waals surface area contributed by atoms with E-state index in [0.717, 1.165) is 63.8 Å². The number of likely N-dealkylation sites (tertiary alicyclic amines) is 1. The van der Waals surface area contributed by atoms with Gasteiger partial charge in [0.15, 0.2) is 5.96 Å². The zero-order valence-corrected chi connectivity index (χ0v) is 18.2. The van der Waals surface area contributed by atoms with E-state index in [1.165, 1.54) is 18.4 Å². The smallest absolute Gasteiger partial charge is 0.193 e. The van der Waals surface area contributed by atoms with Crippen LogP contribution in [0.3, 0.4) is 0 Å². The van der Waals surface area contributed by atoms with Gasteiger partial charge in [-0.15, -0.1) is 0 Å². The first-order chi connectivity index (χ1) is 14.1. The zero-order valence-electron chi connectivity index (χ0n) is 18.2. The predicted molar refractivity (Wildman–Crippen MR) is 117 cm³/mol. The average Bonchev–Trinajstić information content (AvgIpc) is 2.75. The van der Waals surface area contributed by atoms with Crippen LogP contribution in [-0.2, 0) is 16.0 Å². The van der Waals surface area contributed by atoms with E-state index in [9.17, 15) is 0 Å². The van der Waals surface area contributed by atoms with E-state index in [4.69, 9.17) is 14.2 Å². The van der Waals surface area contributed by atoms with Crippen LogP contribution in [0.5, 0.6) is 5.75 Å². The van der Waals surface area contributed by atoms with Gasteiger partial charge in [-0.25, -0.2) is 0 Å². The first-order valence-corrected chi connectivity index (χ1v) is 11.1. The van der Waals surface area contributed by atoms with Gasteiger partial charge in [0.2, 0.25) is 0 Å². The third-order valence-corrected chi connectivity index (χ3v) is 5.49. The van der Waals surface area contributed by atoms with Crippen molar-refractivity contribution < 1.29 is 14.2 Å². The summed E-state index contributed by atoms with van der Waals surface area (Å²) in [6.45, 7) is 8.41. The fourth-order valence-electron chi connectivity index (χ4n) is 3.89. The maximum Gasteiger partial charge on any atom is 0.193 e. The highest BCUT2D eigenvalue weighted by Crippen LogP contribution is 2.18. The average molecular weight is 404 g/mol. The maximum absolute atomic E-state index is 6.13. The van der Waals surface area contributed by atoms with E-state index in [1.807, 2.05) is 33.0 Å². The molecule has 162 valence electrons. The van der Waals surface area contributed by atoms with Crippen LogP contribution in [0.1, 0.15) is 51.5 Å². The van der Waals surface area contributed by atoms with Gasteiger partial charge >= 0.3 is 0 Å².